The molecule has 1 aliphatic heterocycles. The number of hydrogen-bond donors (Lipinski definition) is 2. The summed E-state index contributed by atoms with van der Waals surface area (Å²) in [6.45, 7) is 13.5. The van der Waals surface area contributed by atoms with Crippen LogP contribution < -0.4 is 15.6 Å². The zero-order chi connectivity index (χ0) is 19.1. The fourth-order valence-electron chi connectivity index (χ4n) is 3.49. The van der Waals surface area contributed by atoms with Gasteiger partial charge < -0.3 is 10.2 Å². The lowest BCUT2D eigenvalue weighted by Crippen LogP contribution is -2.36. The van der Waals surface area contributed by atoms with Gasteiger partial charge in [0.25, 0.3) is 0 Å². The van der Waals surface area contributed by atoms with E-state index >= 15 is 0 Å². The summed E-state index contributed by atoms with van der Waals surface area (Å²) in [7, 11) is 0. The van der Waals surface area contributed by atoms with Gasteiger partial charge in [-0.25, -0.2) is 0 Å². The molecule has 1 unspecified atom stereocenters. The smallest absolute Gasteiger partial charge is 0.147 e. The van der Waals surface area contributed by atoms with Gasteiger partial charge >= 0.3 is 0 Å². The summed E-state index contributed by atoms with van der Waals surface area (Å²) in [5, 5.41) is 3.49. The van der Waals surface area contributed by atoms with Crippen molar-refractivity contribution in [3.8, 4) is 5.75 Å². The van der Waals surface area contributed by atoms with Gasteiger partial charge in [-0.1, -0.05) is 37.8 Å². The molecule has 3 rings (SSSR count). The number of nitrogens with zero attached hydrogens (tertiary/aromatic N) is 1. The van der Waals surface area contributed by atoms with Crippen molar-refractivity contribution in [3.05, 3.63) is 71.8 Å². The van der Waals surface area contributed by atoms with Crippen molar-refractivity contribution < 1.29 is 4.84 Å². The molecule has 0 radical (unpaired) electrons. The maximum atomic E-state index is 5.39. The molecule has 1 heterocycles. The molecule has 0 spiro atoms. The Morgan fingerprint density at radius 3 is 2.63 bits per heavy atom. The summed E-state index contributed by atoms with van der Waals surface area (Å²) < 4.78 is 0. The van der Waals surface area contributed by atoms with Gasteiger partial charge in [-0.05, 0) is 60.2 Å². The molecule has 2 aromatic carbocycles. The molecule has 2 N–H and O–H groups in total. The van der Waals surface area contributed by atoms with Crippen LogP contribution in [0.1, 0.15) is 30.5 Å². The molecule has 0 saturated heterocycles. The first-order valence-electron chi connectivity index (χ1n) is 9.87. The fourth-order valence-corrected chi connectivity index (χ4v) is 3.49. The number of hydroxylamine groups is 1. The molecule has 0 saturated carbocycles. The predicted molar refractivity (Wildman–Crippen MR) is 112 cm³/mol. The Morgan fingerprint density at radius 2 is 1.89 bits per heavy atom. The van der Waals surface area contributed by atoms with Crippen LogP contribution in [0, 0.1) is 5.92 Å². The number of hydrogen-bond acceptors (Lipinski definition) is 4. The molecule has 27 heavy (non-hydrogen) atoms. The highest BCUT2D eigenvalue weighted by Crippen LogP contribution is 2.20. The third-order valence-corrected chi connectivity index (χ3v) is 4.98. The quantitative estimate of drug-likeness (QED) is 0.662. The van der Waals surface area contributed by atoms with Crippen molar-refractivity contribution in [1.82, 2.24) is 15.7 Å². The summed E-state index contributed by atoms with van der Waals surface area (Å²) in [6.07, 6.45) is 1.16. The van der Waals surface area contributed by atoms with Crippen molar-refractivity contribution >= 4 is 5.70 Å². The summed E-state index contributed by atoms with van der Waals surface area (Å²) in [5.74, 6) is 1.37. The van der Waals surface area contributed by atoms with Gasteiger partial charge in [-0.2, -0.15) is 5.48 Å². The van der Waals surface area contributed by atoms with Crippen molar-refractivity contribution in [1.29, 1.82) is 0 Å². The highest BCUT2D eigenvalue weighted by Gasteiger charge is 2.17. The highest BCUT2D eigenvalue weighted by molar-refractivity contribution is 5.62. The molecule has 4 heteroatoms. The predicted octanol–water partition coefficient (Wildman–Crippen LogP) is 3.84. The lowest BCUT2D eigenvalue weighted by atomic mass is 9.99. The van der Waals surface area contributed by atoms with E-state index in [-0.39, 0.29) is 0 Å². The van der Waals surface area contributed by atoms with E-state index in [1.165, 1.54) is 11.1 Å². The van der Waals surface area contributed by atoms with Crippen LogP contribution in [-0.4, -0.2) is 31.1 Å². The van der Waals surface area contributed by atoms with Crippen LogP contribution in [0.3, 0.4) is 0 Å². The van der Waals surface area contributed by atoms with Gasteiger partial charge in [0.2, 0.25) is 0 Å². The Kier molecular flexibility index (Phi) is 6.91. The van der Waals surface area contributed by atoms with Crippen LogP contribution in [0.5, 0.6) is 5.75 Å². The zero-order valence-corrected chi connectivity index (χ0v) is 16.5. The summed E-state index contributed by atoms with van der Waals surface area (Å²) in [4.78, 5) is 7.95. The second kappa shape index (κ2) is 9.58. The Balaban J connectivity index is 1.43. The molecule has 4 nitrogen and oxygen atoms in total. The lowest BCUT2D eigenvalue weighted by molar-refractivity contribution is 0.202. The topological polar surface area (TPSA) is 36.5 Å². The van der Waals surface area contributed by atoms with Crippen molar-refractivity contribution in [2.45, 2.75) is 26.8 Å². The molecule has 0 aliphatic carbocycles. The van der Waals surface area contributed by atoms with Gasteiger partial charge in [-0.3, -0.25) is 4.90 Å². The zero-order valence-electron chi connectivity index (χ0n) is 16.5. The third-order valence-electron chi connectivity index (χ3n) is 4.98. The minimum atomic E-state index is 0.559. The van der Waals surface area contributed by atoms with Gasteiger partial charge in [0.15, 0.2) is 0 Å². The SMILES string of the molecule is C=C(NCC(C)CN1CCc2ccccc2C1)c1ccc(ONCC)cc1. The van der Waals surface area contributed by atoms with Crippen LogP contribution >= 0.6 is 0 Å². The second-order valence-corrected chi connectivity index (χ2v) is 7.34. The van der Waals surface area contributed by atoms with E-state index in [0.29, 0.717) is 5.92 Å². The first-order chi connectivity index (χ1) is 13.2. The first kappa shape index (κ1) is 19.5. The average Bonchev–Trinajstić information content (AvgIpc) is 2.70. The Hall–Kier alpha value is -2.30. The molecule has 144 valence electrons. The van der Waals surface area contributed by atoms with E-state index in [0.717, 1.165) is 56.2 Å². The van der Waals surface area contributed by atoms with E-state index in [1.807, 2.05) is 31.2 Å². The fraction of sp³-hybridized carbons (Fsp3) is 0.391. The monoisotopic (exact) mass is 365 g/mol. The third kappa shape index (κ3) is 5.59. The molecule has 0 amide bonds. The van der Waals surface area contributed by atoms with Crippen molar-refractivity contribution in [3.63, 3.8) is 0 Å². The largest absolute Gasteiger partial charge is 0.409 e. The molecule has 0 fully saturated rings. The second-order valence-electron chi connectivity index (χ2n) is 7.34. The van der Waals surface area contributed by atoms with E-state index in [2.05, 4.69) is 53.5 Å². The maximum Gasteiger partial charge on any atom is 0.147 e. The average molecular weight is 366 g/mol. The van der Waals surface area contributed by atoms with Crippen LogP contribution in [0.15, 0.2) is 55.1 Å². The number of benzene rings is 2. The molecule has 0 aromatic heterocycles. The van der Waals surface area contributed by atoms with Crippen LogP contribution in [0.25, 0.3) is 5.70 Å². The molecule has 1 atom stereocenters. The van der Waals surface area contributed by atoms with E-state index in [1.54, 1.807) is 0 Å². The number of fused-ring (bicyclic) bond motifs is 1. The normalized spacial score (nSPS) is 15.0. The minimum absolute atomic E-state index is 0.559. The van der Waals surface area contributed by atoms with E-state index < -0.39 is 0 Å². The molecular weight excluding hydrogens is 334 g/mol. The summed E-state index contributed by atoms with van der Waals surface area (Å²) >= 11 is 0. The Labute approximate surface area is 163 Å². The highest BCUT2D eigenvalue weighted by atomic mass is 16.6. The van der Waals surface area contributed by atoms with Crippen molar-refractivity contribution in [2.75, 3.05) is 26.2 Å². The molecule has 2 aromatic rings. The minimum Gasteiger partial charge on any atom is -0.409 e. The van der Waals surface area contributed by atoms with E-state index in [4.69, 9.17) is 4.84 Å². The van der Waals surface area contributed by atoms with Crippen molar-refractivity contribution in [2.24, 2.45) is 5.92 Å². The van der Waals surface area contributed by atoms with Gasteiger partial charge in [0.05, 0.1) is 0 Å². The lowest BCUT2D eigenvalue weighted by Gasteiger charge is -2.31. The summed E-state index contributed by atoms with van der Waals surface area (Å²) in [5.41, 5.74) is 7.90. The Morgan fingerprint density at radius 1 is 1.15 bits per heavy atom. The van der Waals surface area contributed by atoms with Gasteiger partial charge in [-0.15, -0.1) is 0 Å². The standard InChI is InChI=1S/C23H31N3O/c1-4-25-27-23-11-9-20(10-12-23)19(3)24-15-18(2)16-26-14-13-21-7-5-6-8-22(21)17-26/h5-12,18,24-25H,3-4,13-17H2,1-2H3. The van der Waals surface area contributed by atoms with Gasteiger partial charge in [0.1, 0.15) is 5.75 Å². The molecular formula is C23H31N3O. The number of nitrogens with one attached hydrogen (secondary N) is 2. The Bertz CT molecular complexity index is 742. The maximum absolute atomic E-state index is 5.39. The van der Waals surface area contributed by atoms with Gasteiger partial charge in [0, 0.05) is 38.4 Å². The van der Waals surface area contributed by atoms with Crippen LogP contribution in [-0.2, 0) is 13.0 Å². The molecule has 1 aliphatic rings. The van der Waals surface area contributed by atoms with E-state index in [9.17, 15) is 0 Å². The van der Waals surface area contributed by atoms with Crippen LogP contribution in [0.4, 0.5) is 0 Å². The van der Waals surface area contributed by atoms with Crippen LogP contribution in [0.2, 0.25) is 0 Å². The summed E-state index contributed by atoms with van der Waals surface area (Å²) in [6, 6.07) is 16.8. The first-order valence-corrected chi connectivity index (χ1v) is 9.87. The molecule has 0 bridgehead atoms. The number of rotatable bonds is 9.